The Kier molecular flexibility index (Phi) is 3.86. The summed E-state index contributed by atoms with van der Waals surface area (Å²) < 4.78 is 5.18. The first-order valence-electron chi connectivity index (χ1n) is 7.30. The molecule has 20 heavy (non-hydrogen) atoms. The maximum absolute atomic E-state index is 5.87. The van der Waals surface area contributed by atoms with Crippen LogP contribution in [0.1, 0.15) is 25.7 Å². The third-order valence-electron chi connectivity index (χ3n) is 3.80. The lowest BCUT2D eigenvalue weighted by molar-refractivity contribution is 0.204. The van der Waals surface area contributed by atoms with Gasteiger partial charge in [-0.05, 0) is 25.7 Å². The maximum Gasteiger partial charge on any atom is 0.232 e. The van der Waals surface area contributed by atoms with Gasteiger partial charge >= 0.3 is 0 Å². The Morgan fingerprint density at radius 3 is 2.65 bits per heavy atom. The van der Waals surface area contributed by atoms with Gasteiger partial charge in [0.25, 0.3) is 0 Å². The molecule has 1 aromatic heterocycles. The van der Waals surface area contributed by atoms with E-state index >= 15 is 0 Å². The lowest BCUT2D eigenvalue weighted by atomic mass is 10.4. The summed E-state index contributed by atoms with van der Waals surface area (Å²) in [5.41, 5.74) is 5.87. The number of anilines is 3. The van der Waals surface area contributed by atoms with E-state index in [2.05, 4.69) is 24.8 Å². The zero-order valence-electron chi connectivity index (χ0n) is 12.0. The van der Waals surface area contributed by atoms with E-state index in [1.54, 1.807) is 7.11 Å². The molecule has 7 nitrogen and oxygen atoms in total. The van der Waals surface area contributed by atoms with Crippen LogP contribution >= 0.6 is 0 Å². The number of nitrogens with two attached hydrogens (primary N) is 1. The summed E-state index contributed by atoms with van der Waals surface area (Å²) in [6, 6.07) is 0.526. The Morgan fingerprint density at radius 2 is 2.00 bits per heavy atom. The molecule has 2 N–H and O–H groups in total. The van der Waals surface area contributed by atoms with Crippen molar-refractivity contribution in [2.75, 3.05) is 48.9 Å². The van der Waals surface area contributed by atoms with Gasteiger partial charge in [0.05, 0.1) is 6.61 Å². The van der Waals surface area contributed by atoms with Crippen molar-refractivity contribution in [3.05, 3.63) is 0 Å². The number of ether oxygens (including phenoxy) is 1. The van der Waals surface area contributed by atoms with Crippen LogP contribution in [0.2, 0.25) is 0 Å². The molecule has 2 heterocycles. The molecule has 1 aliphatic carbocycles. The summed E-state index contributed by atoms with van der Waals surface area (Å²) >= 11 is 0. The predicted octanol–water partition coefficient (Wildman–Crippen LogP) is 0.669. The van der Waals surface area contributed by atoms with Gasteiger partial charge in [0.2, 0.25) is 17.8 Å². The fraction of sp³-hybridized carbons (Fsp3) is 0.769. The molecule has 1 saturated heterocycles. The van der Waals surface area contributed by atoms with Gasteiger partial charge in [0.1, 0.15) is 0 Å². The maximum atomic E-state index is 5.87. The number of aromatic nitrogens is 3. The molecule has 0 unspecified atom stereocenters. The highest BCUT2D eigenvalue weighted by Crippen LogP contribution is 2.30. The monoisotopic (exact) mass is 278 g/mol. The van der Waals surface area contributed by atoms with E-state index in [-0.39, 0.29) is 0 Å². The van der Waals surface area contributed by atoms with Crippen molar-refractivity contribution in [3.8, 4) is 0 Å². The average molecular weight is 278 g/mol. The van der Waals surface area contributed by atoms with E-state index in [9.17, 15) is 0 Å². The zero-order valence-corrected chi connectivity index (χ0v) is 12.0. The third-order valence-corrected chi connectivity index (χ3v) is 3.80. The van der Waals surface area contributed by atoms with Crippen LogP contribution in [0.5, 0.6) is 0 Å². The Labute approximate surface area is 119 Å². The van der Waals surface area contributed by atoms with Crippen LogP contribution in [0.25, 0.3) is 0 Å². The van der Waals surface area contributed by atoms with E-state index < -0.39 is 0 Å². The highest BCUT2D eigenvalue weighted by atomic mass is 16.5. The van der Waals surface area contributed by atoms with Crippen molar-refractivity contribution in [3.63, 3.8) is 0 Å². The third kappa shape index (κ3) is 2.92. The van der Waals surface area contributed by atoms with Crippen LogP contribution in [-0.4, -0.2) is 54.3 Å². The largest absolute Gasteiger partial charge is 0.383 e. The van der Waals surface area contributed by atoms with Gasteiger partial charge in [0, 0.05) is 32.8 Å². The minimum atomic E-state index is 0.306. The van der Waals surface area contributed by atoms with Crippen LogP contribution in [-0.2, 0) is 4.74 Å². The van der Waals surface area contributed by atoms with E-state index in [0.717, 1.165) is 19.6 Å². The molecule has 110 valence electrons. The van der Waals surface area contributed by atoms with Crippen LogP contribution in [0.4, 0.5) is 17.8 Å². The molecule has 1 aromatic rings. The number of hydrogen-bond acceptors (Lipinski definition) is 7. The summed E-state index contributed by atoms with van der Waals surface area (Å²) in [4.78, 5) is 17.6. The lowest BCUT2D eigenvalue weighted by Crippen LogP contribution is -2.32. The molecule has 7 heteroatoms. The molecule has 0 amide bonds. The number of nitrogens with zero attached hydrogens (tertiary/aromatic N) is 5. The molecule has 0 radical (unpaired) electrons. The van der Waals surface area contributed by atoms with Crippen molar-refractivity contribution < 1.29 is 4.74 Å². The second-order valence-electron chi connectivity index (χ2n) is 5.41. The van der Waals surface area contributed by atoms with Gasteiger partial charge < -0.3 is 20.3 Å². The summed E-state index contributed by atoms with van der Waals surface area (Å²) in [7, 11) is 1.71. The molecular formula is C13H22N6O. The normalized spacial score (nSPS) is 18.6. The molecule has 1 saturated carbocycles. The van der Waals surface area contributed by atoms with Crippen LogP contribution in [0, 0.1) is 0 Å². The minimum absolute atomic E-state index is 0.306. The van der Waals surface area contributed by atoms with Gasteiger partial charge in [-0.25, -0.2) is 0 Å². The van der Waals surface area contributed by atoms with Crippen molar-refractivity contribution >= 4 is 17.8 Å². The molecule has 0 bridgehead atoms. The van der Waals surface area contributed by atoms with E-state index in [1.165, 1.54) is 25.7 Å². The molecule has 2 aliphatic rings. The fourth-order valence-corrected chi connectivity index (χ4v) is 2.58. The Hall–Kier alpha value is -1.63. The average Bonchev–Trinajstić information content (AvgIpc) is 3.12. The van der Waals surface area contributed by atoms with Gasteiger partial charge in [-0.2, -0.15) is 15.0 Å². The Bertz CT molecular complexity index is 458. The topological polar surface area (TPSA) is 80.4 Å². The summed E-state index contributed by atoms with van der Waals surface area (Å²) in [5.74, 6) is 1.71. The number of hydrogen-bond donors (Lipinski definition) is 1. The quantitative estimate of drug-likeness (QED) is 0.819. The number of nitrogen functional groups attached to an aromatic ring is 1. The van der Waals surface area contributed by atoms with Gasteiger partial charge in [-0.3, -0.25) is 0 Å². The second-order valence-corrected chi connectivity index (χ2v) is 5.41. The second kappa shape index (κ2) is 5.78. The first-order chi connectivity index (χ1) is 9.78. The molecule has 2 fully saturated rings. The minimum Gasteiger partial charge on any atom is -0.383 e. The van der Waals surface area contributed by atoms with Crippen molar-refractivity contribution in [1.82, 2.24) is 15.0 Å². The van der Waals surface area contributed by atoms with E-state index in [1.807, 2.05) is 0 Å². The van der Waals surface area contributed by atoms with Crippen LogP contribution in [0.15, 0.2) is 0 Å². The molecule has 1 aliphatic heterocycles. The first-order valence-corrected chi connectivity index (χ1v) is 7.30. The van der Waals surface area contributed by atoms with Gasteiger partial charge in [-0.1, -0.05) is 0 Å². The Morgan fingerprint density at radius 1 is 1.25 bits per heavy atom. The number of rotatable bonds is 6. The fourth-order valence-electron chi connectivity index (χ4n) is 2.58. The summed E-state index contributed by atoms with van der Waals surface area (Å²) in [5, 5.41) is 0. The zero-order chi connectivity index (χ0) is 13.9. The molecule has 0 aromatic carbocycles. The highest BCUT2D eigenvalue weighted by molar-refractivity contribution is 5.45. The molecule has 3 rings (SSSR count). The van der Waals surface area contributed by atoms with Crippen molar-refractivity contribution in [2.24, 2.45) is 0 Å². The Balaban J connectivity index is 1.82. The summed E-state index contributed by atoms with van der Waals surface area (Å²) in [6.07, 6.45) is 4.76. The van der Waals surface area contributed by atoms with Gasteiger partial charge in [0.15, 0.2) is 0 Å². The lowest BCUT2D eigenvalue weighted by Gasteiger charge is -2.23. The van der Waals surface area contributed by atoms with Crippen molar-refractivity contribution in [1.29, 1.82) is 0 Å². The standard InChI is InChI=1S/C13H22N6O/c1-20-9-8-19(10-4-5-10)13-16-11(14)15-12(17-13)18-6-2-3-7-18/h10H,2-9H2,1H3,(H2,14,15,16,17). The number of methoxy groups -OCH3 is 1. The summed E-state index contributed by atoms with van der Waals surface area (Å²) in [6.45, 7) is 3.47. The highest BCUT2D eigenvalue weighted by Gasteiger charge is 2.31. The van der Waals surface area contributed by atoms with Crippen LogP contribution in [0.3, 0.4) is 0 Å². The first kappa shape index (κ1) is 13.4. The molecule has 0 atom stereocenters. The predicted molar refractivity (Wildman–Crippen MR) is 77.9 cm³/mol. The van der Waals surface area contributed by atoms with E-state index in [0.29, 0.717) is 30.5 Å². The van der Waals surface area contributed by atoms with Crippen LogP contribution < -0.4 is 15.5 Å². The smallest absolute Gasteiger partial charge is 0.232 e. The molecule has 0 spiro atoms. The van der Waals surface area contributed by atoms with Crippen molar-refractivity contribution in [2.45, 2.75) is 31.7 Å². The van der Waals surface area contributed by atoms with E-state index in [4.69, 9.17) is 10.5 Å². The molecular weight excluding hydrogens is 256 g/mol. The SMILES string of the molecule is COCCN(c1nc(N)nc(N2CCCC2)n1)C1CC1. The van der Waals surface area contributed by atoms with Gasteiger partial charge in [-0.15, -0.1) is 0 Å².